The molecular formula is C12H23N3O2. The fourth-order valence-electron chi connectivity index (χ4n) is 1.91. The van der Waals surface area contributed by atoms with E-state index in [0.717, 1.165) is 0 Å². The van der Waals surface area contributed by atoms with Gasteiger partial charge in [0.2, 0.25) is 11.8 Å². The van der Waals surface area contributed by atoms with E-state index >= 15 is 0 Å². The molecule has 1 atom stereocenters. The molecule has 0 aromatic rings. The van der Waals surface area contributed by atoms with Gasteiger partial charge in [-0.2, -0.15) is 0 Å². The van der Waals surface area contributed by atoms with Crippen molar-refractivity contribution in [3.8, 4) is 0 Å². The minimum absolute atomic E-state index is 0.0356. The van der Waals surface area contributed by atoms with Crippen molar-refractivity contribution in [2.45, 2.75) is 26.8 Å². The Balaban J connectivity index is 2.46. The van der Waals surface area contributed by atoms with Crippen molar-refractivity contribution in [3.05, 3.63) is 0 Å². The zero-order chi connectivity index (χ0) is 13.0. The standard InChI is InChI=1S/C12H23N3O2/c1-9(2)11(16)14-5-7-15(8-6-14)12(17)10(3)13-4/h9-10,13H,5-8H2,1-4H3. The SMILES string of the molecule is CNC(C)C(=O)N1CCN(C(=O)C(C)C)CC1. The van der Waals surface area contributed by atoms with Crippen LogP contribution in [0.25, 0.3) is 0 Å². The predicted octanol–water partition coefficient (Wildman–Crippen LogP) is -0.0789. The van der Waals surface area contributed by atoms with Crippen LogP contribution in [0.3, 0.4) is 0 Å². The first-order valence-corrected chi connectivity index (χ1v) is 6.22. The summed E-state index contributed by atoms with van der Waals surface area (Å²) >= 11 is 0. The van der Waals surface area contributed by atoms with E-state index in [1.54, 1.807) is 7.05 Å². The highest BCUT2D eigenvalue weighted by Crippen LogP contribution is 2.08. The predicted molar refractivity (Wildman–Crippen MR) is 66.5 cm³/mol. The number of amides is 2. The number of piperazine rings is 1. The minimum atomic E-state index is -0.151. The lowest BCUT2D eigenvalue weighted by Crippen LogP contribution is -2.54. The van der Waals surface area contributed by atoms with Crippen LogP contribution >= 0.6 is 0 Å². The second kappa shape index (κ2) is 6.00. The van der Waals surface area contributed by atoms with E-state index in [1.165, 1.54) is 0 Å². The lowest BCUT2D eigenvalue weighted by Gasteiger charge is -2.36. The van der Waals surface area contributed by atoms with Crippen LogP contribution in [-0.2, 0) is 9.59 Å². The van der Waals surface area contributed by atoms with E-state index in [4.69, 9.17) is 0 Å². The van der Waals surface area contributed by atoms with E-state index in [-0.39, 0.29) is 23.8 Å². The first-order valence-electron chi connectivity index (χ1n) is 6.22. The Kier molecular flexibility index (Phi) is 4.93. The van der Waals surface area contributed by atoms with E-state index in [1.807, 2.05) is 30.6 Å². The first kappa shape index (κ1) is 14.0. The van der Waals surface area contributed by atoms with Gasteiger partial charge in [0.25, 0.3) is 0 Å². The van der Waals surface area contributed by atoms with Gasteiger partial charge in [-0.15, -0.1) is 0 Å². The number of likely N-dealkylation sites (N-methyl/N-ethyl adjacent to an activating group) is 1. The number of nitrogens with zero attached hydrogens (tertiary/aromatic N) is 2. The van der Waals surface area contributed by atoms with E-state index in [9.17, 15) is 9.59 Å². The third-order valence-corrected chi connectivity index (χ3v) is 3.20. The van der Waals surface area contributed by atoms with Crippen LogP contribution in [0.15, 0.2) is 0 Å². The number of rotatable bonds is 3. The van der Waals surface area contributed by atoms with Crippen molar-refractivity contribution in [2.24, 2.45) is 5.92 Å². The highest BCUT2D eigenvalue weighted by molar-refractivity contribution is 5.82. The molecule has 1 N–H and O–H groups in total. The Morgan fingerprint density at radius 1 is 0.941 bits per heavy atom. The van der Waals surface area contributed by atoms with Crippen molar-refractivity contribution in [1.82, 2.24) is 15.1 Å². The summed E-state index contributed by atoms with van der Waals surface area (Å²) in [6.45, 7) is 8.25. The van der Waals surface area contributed by atoms with Crippen LogP contribution in [0.4, 0.5) is 0 Å². The maximum absolute atomic E-state index is 11.9. The van der Waals surface area contributed by atoms with Gasteiger partial charge in [-0.25, -0.2) is 0 Å². The molecule has 1 aliphatic heterocycles. The molecule has 5 heteroatoms. The largest absolute Gasteiger partial charge is 0.339 e. The molecule has 17 heavy (non-hydrogen) atoms. The smallest absolute Gasteiger partial charge is 0.239 e. The summed E-state index contributed by atoms with van der Waals surface area (Å²) in [5, 5.41) is 2.94. The number of carbonyl (C=O) groups excluding carboxylic acids is 2. The van der Waals surface area contributed by atoms with Crippen molar-refractivity contribution in [1.29, 1.82) is 0 Å². The Hall–Kier alpha value is -1.10. The Morgan fingerprint density at radius 3 is 1.71 bits per heavy atom. The van der Waals surface area contributed by atoms with Crippen LogP contribution in [0, 0.1) is 5.92 Å². The molecule has 0 aromatic heterocycles. The van der Waals surface area contributed by atoms with Crippen LogP contribution in [0.5, 0.6) is 0 Å². The monoisotopic (exact) mass is 241 g/mol. The molecule has 1 aliphatic rings. The third-order valence-electron chi connectivity index (χ3n) is 3.20. The van der Waals surface area contributed by atoms with Gasteiger partial charge in [0.1, 0.15) is 0 Å². The highest BCUT2D eigenvalue weighted by atomic mass is 16.2. The molecule has 0 bridgehead atoms. The summed E-state index contributed by atoms with van der Waals surface area (Å²) in [6.07, 6.45) is 0. The van der Waals surface area contributed by atoms with Crippen molar-refractivity contribution in [3.63, 3.8) is 0 Å². The lowest BCUT2D eigenvalue weighted by atomic mass is 10.1. The normalized spacial score (nSPS) is 18.4. The average molecular weight is 241 g/mol. The Labute approximate surface area is 103 Å². The maximum Gasteiger partial charge on any atom is 0.239 e. The molecule has 1 rings (SSSR count). The summed E-state index contributed by atoms with van der Waals surface area (Å²) in [5.74, 6) is 0.330. The second-order valence-corrected chi connectivity index (χ2v) is 4.82. The quantitative estimate of drug-likeness (QED) is 0.752. The topological polar surface area (TPSA) is 52.7 Å². The van der Waals surface area contributed by atoms with Gasteiger partial charge in [-0.3, -0.25) is 9.59 Å². The van der Waals surface area contributed by atoms with E-state index in [2.05, 4.69) is 5.32 Å². The highest BCUT2D eigenvalue weighted by Gasteiger charge is 2.26. The van der Waals surface area contributed by atoms with Gasteiger partial charge < -0.3 is 15.1 Å². The molecule has 98 valence electrons. The van der Waals surface area contributed by atoms with E-state index in [0.29, 0.717) is 26.2 Å². The lowest BCUT2D eigenvalue weighted by molar-refractivity contribution is -0.142. The molecule has 0 saturated carbocycles. The molecule has 1 saturated heterocycles. The second-order valence-electron chi connectivity index (χ2n) is 4.82. The van der Waals surface area contributed by atoms with Crippen LogP contribution in [0.2, 0.25) is 0 Å². The Bertz CT molecular complexity index is 283. The number of hydrogen-bond acceptors (Lipinski definition) is 3. The average Bonchev–Trinajstić information content (AvgIpc) is 2.36. The summed E-state index contributed by atoms with van der Waals surface area (Å²) in [6, 6.07) is -0.151. The van der Waals surface area contributed by atoms with Crippen LogP contribution in [0.1, 0.15) is 20.8 Å². The summed E-state index contributed by atoms with van der Waals surface area (Å²) in [7, 11) is 1.78. The number of carbonyl (C=O) groups is 2. The summed E-state index contributed by atoms with van der Waals surface area (Å²) < 4.78 is 0. The zero-order valence-corrected chi connectivity index (χ0v) is 11.2. The first-order chi connectivity index (χ1) is 7.97. The molecule has 0 radical (unpaired) electrons. The van der Waals surface area contributed by atoms with Gasteiger partial charge in [0, 0.05) is 32.1 Å². The van der Waals surface area contributed by atoms with Gasteiger partial charge in [-0.05, 0) is 14.0 Å². The van der Waals surface area contributed by atoms with Crippen molar-refractivity contribution in [2.75, 3.05) is 33.2 Å². The molecule has 0 aliphatic carbocycles. The van der Waals surface area contributed by atoms with Crippen molar-refractivity contribution < 1.29 is 9.59 Å². The van der Waals surface area contributed by atoms with Crippen LogP contribution in [-0.4, -0.2) is 60.9 Å². The molecule has 1 unspecified atom stereocenters. The van der Waals surface area contributed by atoms with E-state index < -0.39 is 0 Å². The molecular weight excluding hydrogens is 218 g/mol. The number of nitrogens with one attached hydrogen (secondary N) is 1. The van der Waals surface area contributed by atoms with Gasteiger partial charge in [0.15, 0.2) is 0 Å². The molecule has 0 spiro atoms. The zero-order valence-electron chi connectivity index (χ0n) is 11.2. The van der Waals surface area contributed by atoms with Gasteiger partial charge >= 0.3 is 0 Å². The maximum atomic E-state index is 11.9. The molecule has 2 amide bonds. The molecule has 0 aromatic carbocycles. The number of hydrogen-bond donors (Lipinski definition) is 1. The minimum Gasteiger partial charge on any atom is -0.339 e. The van der Waals surface area contributed by atoms with Gasteiger partial charge in [-0.1, -0.05) is 13.8 Å². The molecule has 5 nitrogen and oxygen atoms in total. The Morgan fingerprint density at radius 2 is 1.35 bits per heavy atom. The molecule has 1 heterocycles. The summed E-state index contributed by atoms with van der Waals surface area (Å²) in [5.41, 5.74) is 0. The fraction of sp³-hybridized carbons (Fsp3) is 0.833. The van der Waals surface area contributed by atoms with Crippen molar-refractivity contribution >= 4 is 11.8 Å². The van der Waals surface area contributed by atoms with Gasteiger partial charge in [0.05, 0.1) is 6.04 Å². The van der Waals surface area contributed by atoms with Crippen LogP contribution < -0.4 is 5.32 Å². The third kappa shape index (κ3) is 3.43. The summed E-state index contributed by atoms with van der Waals surface area (Å²) in [4.78, 5) is 27.3. The molecule has 1 fully saturated rings. The fourth-order valence-corrected chi connectivity index (χ4v) is 1.91.